The number of anilines is 1. The van der Waals surface area contributed by atoms with E-state index in [0.717, 1.165) is 32.1 Å². The van der Waals surface area contributed by atoms with Crippen LogP contribution in [-0.2, 0) is 4.79 Å². The lowest BCUT2D eigenvalue weighted by Crippen LogP contribution is -2.38. The van der Waals surface area contributed by atoms with Gasteiger partial charge >= 0.3 is 5.97 Å². The molecule has 1 atom stereocenters. The van der Waals surface area contributed by atoms with E-state index in [1.165, 1.54) is 6.07 Å². The van der Waals surface area contributed by atoms with Crippen molar-refractivity contribution in [2.45, 2.75) is 38.1 Å². The maximum absolute atomic E-state index is 11.5. The summed E-state index contributed by atoms with van der Waals surface area (Å²) in [6.07, 6.45) is 4.88. The minimum absolute atomic E-state index is 0.0288. The van der Waals surface area contributed by atoms with Crippen LogP contribution in [0, 0.1) is 16.0 Å². The Morgan fingerprint density at radius 1 is 1.30 bits per heavy atom. The molecule has 0 aliphatic heterocycles. The average molecular weight is 278 g/mol. The molecule has 0 heterocycles. The molecule has 1 aliphatic carbocycles. The fourth-order valence-electron chi connectivity index (χ4n) is 2.77. The van der Waals surface area contributed by atoms with Crippen LogP contribution in [0.5, 0.6) is 0 Å². The fourth-order valence-corrected chi connectivity index (χ4v) is 2.77. The summed E-state index contributed by atoms with van der Waals surface area (Å²) in [6.45, 7) is 0. The largest absolute Gasteiger partial charge is 0.480 e. The number of carboxylic acids is 1. The predicted octanol–water partition coefficient (Wildman–Crippen LogP) is 3.04. The van der Waals surface area contributed by atoms with E-state index < -0.39 is 16.9 Å². The van der Waals surface area contributed by atoms with Crippen LogP contribution in [0.25, 0.3) is 0 Å². The lowest BCUT2D eigenvalue weighted by molar-refractivity contribution is -0.384. The minimum atomic E-state index is -0.949. The summed E-state index contributed by atoms with van der Waals surface area (Å²) >= 11 is 0. The zero-order chi connectivity index (χ0) is 14.5. The number of rotatable bonds is 5. The van der Waals surface area contributed by atoms with Crippen molar-refractivity contribution in [3.63, 3.8) is 0 Å². The van der Waals surface area contributed by atoms with Crippen molar-refractivity contribution in [1.82, 2.24) is 0 Å². The normalized spacial score (nSPS) is 17.4. The van der Waals surface area contributed by atoms with Gasteiger partial charge in [0.2, 0.25) is 0 Å². The van der Waals surface area contributed by atoms with Crippen molar-refractivity contribution in [1.29, 1.82) is 0 Å². The Balaban J connectivity index is 2.20. The Bertz CT molecular complexity index is 498. The number of hydrogen-bond acceptors (Lipinski definition) is 4. The maximum Gasteiger partial charge on any atom is 0.326 e. The molecular formula is C14H18N2O4. The van der Waals surface area contributed by atoms with Gasteiger partial charge in [-0.15, -0.1) is 0 Å². The molecule has 0 saturated heterocycles. The van der Waals surface area contributed by atoms with Crippen molar-refractivity contribution < 1.29 is 14.8 Å². The third-order valence-corrected chi connectivity index (χ3v) is 3.80. The van der Waals surface area contributed by atoms with Crippen LogP contribution in [0.4, 0.5) is 11.4 Å². The molecule has 1 aromatic rings. The van der Waals surface area contributed by atoms with E-state index in [1.54, 1.807) is 18.2 Å². The van der Waals surface area contributed by atoms with Crippen LogP contribution in [0.3, 0.4) is 0 Å². The van der Waals surface area contributed by atoms with Gasteiger partial charge in [-0.25, -0.2) is 4.79 Å². The number of nitrogens with one attached hydrogen (secondary N) is 1. The molecule has 1 aliphatic rings. The van der Waals surface area contributed by atoms with Crippen molar-refractivity contribution >= 4 is 17.3 Å². The van der Waals surface area contributed by atoms with Crippen molar-refractivity contribution in [2.75, 3.05) is 5.32 Å². The first-order chi connectivity index (χ1) is 9.59. The summed E-state index contributed by atoms with van der Waals surface area (Å²) in [5.41, 5.74) is 0.185. The summed E-state index contributed by atoms with van der Waals surface area (Å²) < 4.78 is 0. The number of carbonyl (C=O) groups is 1. The Morgan fingerprint density at radius 3 is 2.55 bits per heavy atom. The van der Waals surface area contributed by atoms with Gasteiger partial charge in [0.15, 0.2) is 0 Å². The number of nitrogens with zero attached hydrogens (tertiary/aromatic N) is 1. The van der Waals surface area contributed by atoms with Gasteiger partial charge in [-0.2, -0.15) is 0 Å². The van der Waals surface area contributed by atoms with E-state index in [1.807, 2.05) is 0 Å². The third-order valence-electron chi connectivity index (χ3n) is 3.80. The summed E-state index contributed by atoms with van der Waals surface area (Å²) in [5, 5.41) is 23.2. The average Bonchev–Trinajstić information content (AvgIpc) is 2.45. The molecular weight excluding hydrogens is 260 g/mol. The van der Waals surface area contributed by atoms with Gasteiger partial charge in [-0.3, -0.25) is 10.1 Å². The molecule has 1 saturated carbocycles. The summed E-state index contributed by atoms with van der Waals surface area (Å²) in [7, 11) is 0. The number of nitro groups is 1. The molecule has 0 spiro atoms. The molecule has 0 bridgehead atoms. The Kier molecular flexibility index (Phi) is 4.55. The monoisotopic (exact) mass is 278 g/mol. The second-order valence-electron chi connectivity index (χ2n) is 5.13. The van der Waals surface area contributed by atoms with Crippen molar-refractivity contribution in [3.8, 4) is 0 Å². The van der Waals surface area contributed by atoms with E-state index in [9.17, 15) is 20.0 Å². The lowest BCUT2D eigenvalue weighted by Gasteiger charge is -2.28. The van der Waals surface area contributed by atoms with Gasteiger partial charge in [0.05, 0.1) is 4.92 Å². The molecule has 108 valence electrons. The summed E-state index contributed by atoms with van der Waals surface area (Å²) in [6, 6.07) is 5.39. The van der Waals surface area contributed by atoms with Gasteiger partial charge in [0.1, 0.15) is 11.7 Å². The SMILES string of the molecule is O=C(O)C(Nc1ccccc1[N+](=O)[O-])C1CCCCC1. The first-order valence-electron chi connectivity index (χ1n) is 6.82. The highest BCUT2D eigenvalue weighted by Gasteiger charge is 2.30. The zero-order valence-corrected chi connectivity index (χ0v) is 11.1. The second kappa shape index (κ2) is 6.36. The minimum Gasteiger partial charge on any atom is -0.480 e. The van der Waals surface area contributed by atoms with E-state index in [0.29, 0.717) is 0 Å². The predicted molar refractivity (Wildman–Crippen MR) is 74.7 cm³/mol. The maximum atomic E-state index is 11.5. The number of nitro benzene ring substituents is 1. The topological polar surface area (TPSA) is 92.5 Å². The Hall–Kier alpha value is -2.11. The standard InChI is InChI=1S/C14H18N2O4/c17-14(18)13(10-6-2-1-3-7-10)15-11-8-4-5-9-12(11)16(19)20/h4-5,8-10,13,15H,1-3,6-7H2,(H,17,18). The number of benzene rings is 1. The number of hydrogen-bond donors (Lipinski definition) is 2. The van der Waals surface area contributed by atoms with Gasteiger partial charge in [0.25, 0.3) is 5.69 Å². The van der Waals surface area contributed by atoms with E-state index in [-0.39, 0.29) is 17.3 Å². The van der Waals surface area contributed by atoms with Crippen molar-refractivity contribution in [3.05, 3.63) is 34.4 Å². The van der Waals surface area contributed by atoms with Crippen LogP contribution in [0.15, 0.2) is 24.3 Å². The van der Waals surface area contributed by atoms with Crippen LogP contribution in [0.2, 0.25) is 0 Å². The molecule has 20 heavy (non-hydrogen) atoms. The van der Waals surface area contributed by atoms with Crippen LogP contribution in [0.1, 0.15) is 32.1 Å². The zero-order valence-electron chi connectivity index (χ0n) is 11.1. The molecule has 1 unspecified atom stereocenters. The van der Waals surface area contributed by atoms with Crippen LogP contribution < -0.4 is 5.32 Å². The summed E-state index contributed by atoms with van der Waals surface area (Å²) in [4.78, 5) is 21.9. The first-order valence-corrected chi connectivity index (χ1v) is 6.82. The molecule has 2 rings (SSSR count). The number of carboxylic acid groups (broad SMARTS) is 1. The van der Waals surface area contributed by atoms with Gasteiger partial charge < -0.3 is 10.4 Å². The molecule has 1 aromatic carbocycles. The number of aliphatic carboxylic acids is 1. The number of para-hydroxylation sites is 2. The molecule has 0 amide bonds. The molecule has 0 aromatic heterocycles. The van der Waals surface area contributed by atoms with E-state index in [2.05, 4.69) is 5.32 Å². The smallest absolute Gasteiger partial charge is 0.326 e. The van der Waals surface area contributed by atoms with Crippen molar-refractivity contribution in [2.24, 2.45) is 5.92 Å². The summed E-state index contributed by atoms with van der Waals surface area (Å²) in [5.74, 6) is -0.920. The highest BCUT2D eigenvalue weighted by Crippen LogP contribution is 2.31. The highest BCUT2D eigenvalue weighted by molar-refractivity contribution is 5.79. The molecule has 2 N–H and O–H groups in total. The molecule has 6 nitrogen and oxygen atoms in total. The lowest BCUT2D eigenvalue weighted by atomic mass is 9.84. The molecule has 1 fully saturated rings. The Labute approximate surface area is 117 Å². The quantitative estimate of drug-likeness (QED) is 0.638. The second-order valence-corrected chi connectivity index (χ2v) is 5.13. The molecule has 6 heteroatoms. The van der Waals surface area contributed by atoms with Crippen LogP contribution in [-0.4, -0.2) is 22.0 Å². The first kappa shape index (κ1) is 14.3. The van der Waals surface area contributed by atoms with E-state index >= 15 is 0 Å². The highest BCUT2D eigenvalue weighted by atomic mass is 16.6. The Morgan fingerprint density at radius 2 is 1.95 bits per heavy atom. The van der Waals surface area contributed by atoms with Crippen LogP contribution >= 0.6 is 0 Å². The van der Waals surface area contributed by atoms with Gasteiger partial charge in [0, 0.05) is 6.07 Å². The van der Waals surface area contributed by atoms with Gasteiger partial charge in [-0.1, -0.05) is 31.4 Å². The molecule has 0 radical (unpaired) electrons. The van der Waals surface area contributed by atoms with Gasteiger partial charge in [-0.05, 0) is 24.8 Å². The van der Waals surface area contributed by atoms with E-state index in [4.69, 9.17) is 0 Å². The fraction of sp³-hybridized carbons (Fsp3) is 0.500. The third kappa shape index (κ3) is 3.26.